The van der Waals surface area contributed by atoms with Crippen LogP contribution < -0.4 is 9.62 Å². The third-order valence-electron chi connectivity index (χ3n) is 7.66. The Hall–Kier alpha value is -4.43. The van der Waals surface area contributed by atoms with Gasteiger partial charge in [-0.1, -0.05) is 110 Å². The fourth-order valence-electron chi connectivity index (χ4n) is 5.19. The van der Waals surface area contributed by atoms with Gasteiger partial charge in [-0.2, -0.15) is 0 Å². The van der Waals surface area contributed by atoms with Crippen molar-refractivity contribution in [2.24, 2.45) is 5.92 Å². The van der Waals surface area contributed by atoms with Crippen LogP contribution in [0.1, 0.15) is 41.7 Å². The van der Waals surface area contributed by atoms with Crippen LogP contribution in [-0.4, -0.2) is 44.3 Å². The minimum atomic E-state index is -4.15. The lowest BCUT2D eigenvalue weighted by Crippen LogP contribution is -2.53. The van der Waals surface area contributed by atoms with E-state index >= 15 is 0 Å². The van der Waals surface area contributed by atoms with E-state index in [1.807, 2.05) is 107 Å². The molecule has 1 atom stereocenters. The zero-order valence-electron chi connectivity index (χ0n) is 26.7. The number of carbonyl (C=O) groups is 2. The van der Waals surface area contributed by atoms with Gasteiger partial charge in [-0.15, -0.1) is 0 Å². The molecule has 0 saturated carbocycles. The van der Waals surface area contributed by atoms with Gasteiger partial charge in [0.25, 0.3) is 10.0 Å². The van der Waals surface area contributed by atoms with Crippen molar-refractivity contribution in [3.05, 3.63) is 131 Å². The van der Waals surface area contributed by atoms with E-state index in [1.165, 1.54) is 9.21 Å². The van der Waals surface area contributed by atoms with E-state index in [1.54, 1.807) is 30.3 Å². The highest BCUT2D eigenvalue weighted by atomic mass is 32.2. The Balaban J connectivity index is 1.81. The Morgan fingerprint density at radius 1 is 0.756 bits per heavy atom. The maximum atomic E-state index is 14.6. The molecule has 45 heavy (non-hydrogen) atoms. The largest absolute Gasteiger partial charge is 0.354 e. The maximum Gasteiger partial charge on any atom is 0.264 e. The van der Waals surface area contributed by atoms with Gasteiger partial charge in [0, 0.05) is 19.5 Å². The summed E-state index contributed by atoms with van der Waals surface area (Å²) in [5.74, 6) is -0.546. The van der Waals surface area contributed by atoms with E-state index in [0.717, 1.165) is 27.8 Å². The summed E-state index contributed by atoms with van der Waals surface area (Å²) >= 11 is 0. The van der Waals surface area contributed by atoms with Crippen LogP contribution in [0.4, 0.5) is 5.69 Å². The lowest BCUT2D eigenvalue weighted by atomic mass is 10.0. The number of sulfonamides is 1. The number of hydrogen-bond acceptors (Lipinski definition) is 4. The van der Waals surface area contributed by atoms with Crippen molar-refractivity contribution in [2.75, 3.05) is 17.4 Å². The van der Waals surface area contributed by atoms with E-state index in [4.69, 9.17) is 0 Å². The monoisotopic (exact) mass is 625 g/mol. The number of rotatable bonds is 13. The fraction of sp³-hybridized carbons (Fsp3) is 0.297. The second-order valence-electron chi connectivity index (χ2n) is 12.0. The van der Waals surface area contributed by atoms with E-state index in [9.17, 15) is 18.0 Å². The lowest BCUT2D eigenvalue weighted by molar-refractivity contribution is -0.140. The van der Waals surface area contributed by atoms with Crippen molar-refractivity contribution in [1.82, 2.24) is 10.2 Å². The van der Waals surface area contributed by atoms with E-state index < -0.39 is 28.5 Å². The van der Waals surface area contributed by atoms with Crippen LogP contribution in [0.25, 0.3) is 0 Å². The summed E-state index contributed by atoms with van der Waals surface area (Å²) in [4.78, 5) is 30.0. The Morgan fingerprint density at radius 3 is 1.91 bits per heavy atom. The molecule has 236 valence electrons. The minimum Gasteiger partial charge on any atom is -0.354 e. The van der Waals surface area contributed by atoms with Gasteiger partial charge < -0.3 is 10.2 Å². The molecular formula is C37H43N3O4S. The number of hydrogen-bond donors (Lipinski definition) is 1. The SMILES string of the molecule is Cc1ccc(S(=O)(=O)N(CC(=O)N(Cc2ccccc2)C(Cc2ccccc2)C(=O)NCC(C)C)c2ccc(C)cc2C)cc1. The maximum absolute atomic E-state index is 14.6. The molecule has 1 N–H and O–H groups in total. The van der Waals surface area contributed by atoms with Crippen LogP contribution in [0.15, 0.2) is 108 Å². The highest BCUT2D eigenvalue weighted by Crippen LogP contribution is 2.29. The Labute approximate surface area is 268 Å². The second kappa shape index (κ2) is 15.0. The Kier molecular flexibility index (Phi) is 11.2. The second-order valence-corrected chi connectivity index (χ2v) is 13.8. The molecule has 0 spiro atoms. The summed E-state index contributed by atoms with van der Waals surface area (Å²) in [6.45, 7) is 9.80. The van der Waals surface area contributed by atoms with Crippen LogP contribution in [-0.2, 0) is 32.6 Å². The van der Waals surface area contributed by atoms with Crippen molar-refractivity contribution in [3.63, 3.8) is 0 Å². The van der Waals surface area contributed by atoms with Crippen molar-refractivity contribution in [1.29, 1.82) is 0 Å². The van der Waals surface area contributed by atoms with Crippen LogP contribution in [0, 0.1) is 26.7 Å². The molecule has 1 unspecified atom stereocenters. The zero-order chi connectivity index (χ0) is 32.6. The normalized spacial score (nSPS) is 12.0. The number of carbonyl (C=O) groups excluding carboxylic acids is 2. The number of nitrogens with one attached hydrogen (secondary N) is 1. The Morgan fingerprint density at radius 2 is 1.33 bits per heavy atom. The first-order chi connectivity index (χ1) is 21.5. The number of nitrogens with zero attached hydrogens (tertiary/aromatic N) is 2. The average Bonchev–Trinajstić information content (AvgIpc) is 3.01. The van der Waals surface area contributed by atoms with Gasteiger partial charge in [-0.25, -0.2) is 8.42 Å². The van der Waals surface area contributed by atoms with Gasteiger partial charge in [0.1, 0.15) is 12.6 Å². The molecule has 8 heteroatoms. The molecule has 0 saturated heterocycles. The summed E-state index contributed by atoms with van der Waals surface area (Å²) in [5, 5.41) is 3.02. The van der Waals surface area contributed by atoms with Gasteiger partial charge in [-0.05, 0) is 61.6 Å². The third-order valence-corrected chi connectivity index (χ3v) is 9.43. The number of aryl methyl sites for hydroxylation is 3. The summed E-state index contributed by atoms with van der Waals surface area (Å²) in [7, 11) is -4.15. The van der Waals surface area contributed by atoms with Gasteiger partial charge >= 0.3 is 0 Å². The molecule has 0 fully saturated rings. The van der Waals surface area contributed by atoms with Gasteiger partial charge in [-0.3, -0.25) is 13.9 Å². The first-order valence-corrected chi connectivity index (χ1v) is 16.7. The van der Waals surface area contributed by atoms with Crippen molar-refractivity contribution >= 4 is 27.5 Å². The Bertz CT molecular complexity index is 1690. The summed E-state index contributed by atoms with van der Waals surface area (Å²) < 4.78 is 29.7. The highest BCUT2D eigenvalue weighted by molar-refractivity contribution is 7.92. The van der Waals surface area contributed by atoms with Crippen LogP contribution >= 0.6 is 0 Å². The van der Waals surface area contributed by atoms with Gasteiger partial charge in [0.15, 0.2) is 0 Å². The fourth-order valence-corrected chi connectivity index (χ4v) is 6.67. The molecule has 4 aromatic carbocycles. The molecule has 4 aromatic rings. The topological polar surface area (TPSA) is 86.8 Å². The molecule has 7 nitrogen and oxygen atoms in total. The number of anilines is 1. The molecule has 0 bridgehead atoms. The van der Waals surface area contributed by atoms with Crippen molar-refractivity contribution < 1.29 is 18.0 Å². The average molecular weight is 626 g/mol. The van der Waals surface area contributed by atoms with Crippen LogP contribution in [0.2, 0.25) is 0 Å². The smallest absolute Gasteiger partial charge is 0.264 e. The molecule has 0 aromatic heterocycles. The van der Waals surface area contributed by atoms with Gasteiger partial charge in [0.2, 0.25) is 11.8 Å². The van der Waals surface area contributed by atoms with Crippen LogP contribution in [0.5, 0.6) is 0 Å². The van der Waals surface area contributed by atoms with E-state index in [-0.39, 0.29) is 29.7 Å². The number of benzene rings is 4. The molecule has 0 aliphatic heterocycles. The molecule has 2 amide bonds. The predicted molar refractivity (Wildman–Crippen MR) is 180 cm³/mol. The zero-order valence-corrected chi connectivity index (χ0v) is 27.6. The highest BCUT2D eigenvalue weighted by Gasteiger charge is 2.35. The van der Waals surface area contributed by atoms with Crippen molar-refractivity contribution in [2.45, 2.75) is 58.5 Å². The molecule has 0 radical (unpaired) electrons. The summed E-state index contributed by atoms with van der Waals surface area (Å²) in [5.41, 5.74) is 4.77. The lowest BCUT2D eigenvalue weighted by Gasteiger charge is -2.34. The molecule has 4 rings (SSSR count). The van der Waals surface area contributed by atoms with E-state index in [0.29, 0.717) is 12.2 Å². The predicted octanol–water partition coefficient (Wildman–Crippen LogP) is 6.22. The van der Waals surface area contributed by atoms with Crippen molar-refractivity contribution in [3.8, 4) is 0 Å². The van der Waals surface area contributed by atoms with Crippen LogP contribution in [0.3, 0.4) is 0 Å². The molecular weight excluding hydrogens is 582 g/mol. The minimum absolute atomic E-state index is 0.0889. The molecule has 0 aliphatic carbocycles. The standard InChI is InChI=1S/C37H43N3O4S/c1-27(2)24-38-37(42)35(23-31-12-8-6-9-13-31)39(25-32-14-10-7-11-15-32)36(41)26-40(34-21-18-29(4)22-30(34)5)45(43,44)33-19-16-28(3)17-20-33/h6-22,27,35H,23-26H2,1-5H3,(H,38,42). The summed E-state index contributed by atoms with van der Waals surface area (Å²) in [6, 6.07) is 30.2. The first-order valence-electron chi connectivity index (χ1n) is 15.3. The first kappa shape index (κ1) is 33.5. The van der Waals surface area contributed by atoms with E-state index in [2.05, 4.69) is 5.32 Å². The van der Waals surface area contributed by atoms with Gasteiger partial charge in [0.05, 0.1) is 10.6 Å². The molecule has 0 aliphatic rings. The molecule has 0 heterocycles. The summed E-state index contributed by atoms with van der Waals surface area (Å²) in [6.07, 6.45) is 0.275. The third kappa shape index (κ3) is 8.82. The number of amides is 2. The quantitative estimate of drug-likeness (QED) is 0.191.